The van der Waals surface area contributed by atoms with Crippen molar-refractivity contribution in [3.63, 3.8) is 0 Å². The molecule has 3 aromatic rings. The number of pyridine rings is 1. The Hall–Kier alpha value is -2.90. The normalized spacial score (nSPS) is 17.7. The van der Waals surface area contributed by atoms with Gasteiger partial charge < -0.3 is 19.6 Å². The number of hydrogen-bond donors (Lipinski definition) is 1. The molecule has 1 saturated heterocycles. The summed E-state index contributed by atoms with van der Waals surface area (Å²) in [6, 6.07) is 13.9. The number of primary amides is 1. The SMILES string of the molecule is COc1ccc(-c2nc3ccccn3c2CN2CCOC[C@H]2CC(N)=O)cc1. The fourth-order valence-corrected chi connectivity index (χ4v) is 3.69. The summed E-state index contributed by atoms with van der Waals surface area (Å²) >= 11 is 0. The number of methoxy groups -OCH3 is 1. The van der Waals surface area contributed by atoms with E-state index < -0.39 is 0 Å². The van der Waals surface area contributed by atoms with Gasteiger partial charge in [-0.25, -0.2) is 4.98 Å². The Morgan fingerprint density at radius 1 is 1.29 bits per heavy atom. The van der Waals surface area contributed by atoms with E-state index in [-0.39, 0.29) is 18.4 Å². The van der Waals surface area contributed by atoms with E-state index in [0.717, 1.165) is 34.9 Å². The van der Waals surface area contributed by atoms with Gasteiger partial charge in [-0.1, -0.05) is 6.07 Å². The van der Waals surface area contributed by atoms with Crippen LogP contribution in [0.25, 0.3) is 16.9 Å². The lowest BCUT2D eigenvalue weighted by atomic mass is 10.1. The molecule has 0 saturated carbocycles. The van der Waals surface area contributed by atoms with Gasteiger partial charge in [-0.3, -0.25) is 9.69 Å². The van der Waals surface area contributed by atoms with Gasteiger partial charge in [-0.05, 0) is 36.4 Å². The Bertz CT molecular complexity index is 967. The molecule has 3 heterocycles. The lowest BCUT2D eigenvalue weighted by Gasteiger charge is -2.35. The molecule has 0 aliphatic carbocycles. The zero-order chi connectivity index (χ0) is 19.5. The number of hydrogen-bond acceptors (Lipinski definition) is 5. The molecule has 146 valence electrons. The van der Waals surface area contributed by atoms with E-state index in [1.807, 2.05) is 48.7 Å². The number of benzene rings is 1. The van der Waals surface area contributed by atoms with Crippen molar-refractivity contribution in [3.8, 4) is 17.0 Å². The Labute approximate surface area is 163 Å². The standard InChI is InChI=1S/C21H24N4O3/c1-27-17-7-5-15(6-8-17)21-18(25-9-3-2-4-20(25)23-21)13-24-10-11-28-14-16(24)12-19(22)26/h2-9,16H,10-14H2,1H3,(H2,22,26)/t16-/m1/s1. The highest BCUT2D eigenvalue weighted by atomic mass is 16.5. The van der Waals surface area contributed by atoms with Crippen LogP contribution in [-0.2, 0) is 16.1 Å². The predicted octanol–water partition coefficient (Wildman–Crippen LogP) is 2.09. The second-order valence-corrected chi connectivity index (χ2v) is 6.93. The molecule has 1 atom stereocenters. The lowest BCUT2D eigenvalue weighted by molar-refractivity contribution is -0.121. The number of ether oxygens (including phenoxy) is 2. The average molecular weight is 380 g/mol. The third kappa shape index (κ3) is 3.72. The maximum absolute atomic E-state index is 11.5. The van der Waals surface area contributed by atoms with Gasteiger partial charge in [0.15, 0.2) is 0 Å². The van der Waals surface area contributed by atoms with Crippen molar-refractivity contribution in [2.45, 2.75) is 19.0 Å². The summed E-state index contributed by atoms with van der Waals surface area (Å²) in [5.74, 6) is 0.498. The minimum atomic E-state index is -0.311. The third-order valence-corrected chi connectivity index (χ3v) is 5.13. The first-order valence-electron chi connectivity index (χ1n) is 9.36. The second kappa shape index (κ2) is 8.00. The van der Waals surface area contributed by atoms with Crippen LogP contribution in [0.4, 0.5) is 0 Å². The van der Waals surface area contributed by atoms with Crippen molar-refractivity contribution >= 4 is 11.6 Å². The molecule has 2 N–H and O–H groups in total. The Kier molecular flexibility index (Phi) is 5.27. The molecular weight excluding hydrogens is 356 g/mol. The number of fused-ring (bicyclic) bond motifs is 1. The number of nitrogens with two attached hydrogens (primary N) is 1. The summed E-state index contributed by atoms with van der Waals surface area (Å²) in [4.78, 5) is 18.6. The summed E-state index contributed by atoms with van der Waals surface area (Å²) in [5.41, 5.74) is 9.38. The van der Waals surface area contributed by atoms with Crippen molar-refractivity contribution in [2.75, 3.05) is 26.9 Å². The Morgan fingerprint density at radius 3 is 2.86 bits per heavy atom. The number of aromatic nitrogens is 2. The quantitative estimate of drug-likeness (QED) is 0.708. The van der Waals surface area contributed by atoms with Crippen molar-refractivity contribution in [3.05, 3.63) is 54.4 Å². The molecule has 0 unspecified atom stereocenters. The second-order valence-electron chi connectivity index (χ2n) is 6.93. The van der Waals surface area contributed by atoms with Crippen LogP contribution in [0.1, 0.15) is 12.1 Å². The number of imidazole rings is 1. The average Bonchev–Trinajstić information content (AvgIpc) is 3.08. The number of rotatable bonds is 6. The van der Waals surface area contributed by atoms with Crippen LogP contribution in [0, 0.1) is 0 Å². The van der Waals surface area contributed by atoms with Gasteiger partial charge in [0, 0.05) is 37.3 Å². The first-order valence-corrected chi connectivity index (χ1v) is 9.36. The monoisotopic (exact) mass is 380 g/mol. The number of amides is 1. The van der Waals surface area contributed by atoms with Gasteiger partial charge in [0.05, 0.1) is 31.7 Å². The highest BCUT2D eigenvalue weighted by molar-refractivity contribution is 5.74. The number of carbonyl (C=O) groups is 1. The van der Waals surface area contributed by atoms with Gasteiger partial charge in [-0.15, -0.1) is 0 Å². The molecule has 1 aliphatic heterocycles. The maximum Gasteiger partial charge on any atom is 0.219 e. The number of morpholine rings is 1. The molecule has 7 heteroatoms. The molecule has 0 bridgehead atoms. The summed E-state index contributed by atoms with van der Waals surface area (Å²) in [5, 5.41) is 0. The number of carbonyl (C=O) groups excluding carboxylic acids is 1. The third-order valence-electron chi connectivity index (χ3n) is 5.13. The zero-order valence-corrected chi connectivity index (χ0v) is 15.9. The minimum absolute atomic E-state index is 0.0239. The fraction of sp³-hybridized carbons (Fsp3) is 0.333. The Morgan fingerprint density at radius 2 is 2.11 bits per heavy atom. The molecule has 1 aliphatic rings. The molecule has 1 fully saturated rings. The fourth-order valence-electron chi connectivity index (χ4n) is 3.69. The summed E-state index contributed by atoms with van der Waals surface area (Å²) < 4.78 is 13.0. The van der Waals surface area contributed by atoms with Gasteiger partial charge in [0.1, 0.15) is 11.4 Å². The number of nitrogens with zero attached hydrogens (tertiary/aromatic N) is 3. The molecule has 7 nitrogen and oxygen atoms in total. The van der Waals surface area contributed by atoms with E-state index in [4.69, 9.17) is 20.2 Å². The molecule has 0 spiro atoms. The van der Waals surface area contributed by atoms with Gasteiger partial charge in [0.2, 0.25) is 5.91 Å². The van der Waals surface area contributed by atoms with Crippen LogP contribution in [0.2, 0.25) is 0 Å². The molecule has 4 rings (SSSR count). The van der Waals surface area contributed by atoms with E-state index in [0.29, 0.717) is 19.8 Å². The molecule has 1 amide bonds. The molecular formula is C21H24N4O3. The summed E-state index contributed by atoms with van der Waals surface area (Å²) in [6.45, 7) is 2.56. The topological polar surface area (TPSA) is 82.1 Å². The summed E-state index contributed by atoms with van der Waals surface area (Å²) in [6.07, 6.45) is 2.31. The van der Waals surface area contributed by atoms with E-state index in [9.17, 15) is 4.79 Å². The Balaban J connectivity index is 1.73. The van der Waals surface area contributed by atoms with Gasteiger partial charge in [0.25, 0.3) is 0 Å². The van der Waals surface area contributed by atoms with E-state index in [1.54, 1.807) is 7.11 Å². The van der Waals surface area contributed by atoms with E-state index >= 15 is 0 Å². The van der Waals surface area contributed by atoms with Crippen molar-refractivity contribution < 1.29 is 14.3 Å². The molecule has 2 aromatic heterocycles. The first-order chi connectivity index (χ1) is 13.7. The van der Waals surface area contributed by atoms with Gasteiger partial charge in [-0.2, -0.15) is 0 Å². The maximum atomic E-state index is 11.5. The highest BCUT2D eigenvalue weighted by Crippen LogP contribution is 2.28. The van der Waals surface area contributed by atoms with Crippen LogP contribution >= 0.6 is 0 Å². The van der Waals surface area contributed by atoms with Crippen molar-refractivity contribution in [1.82, 2.24) is 14.3 Å². The molecule has 0 radical (unpaired) electrons. The predicted molar refractivity (Wildman–Crippen MR) is 106 cm³/mol. The van der Waals surface area contributed by atoms with Gasteiger partial charge >= 0.3 is 0 Å². The lowest BCUT2D eigenvalue weighted by Crippen LogP contribution is -2.46. The highest BCUT2D eigenvalue weighted by Gasteiger charge is 2.27. The molecule has 1 aromatic carbocycles. The van der Waals surface area contributed by atoms with Crippen LogP contribution < -0.4 is 10.5 Å². The largest absolute Gasteiger partial charge is 0.497 e. The van der Waals surface area contributed by atoms with Crippen LogP contribution in [0.15, 0.2) is 48.7 Å². The minimum Gasteiger partial charge on any atom is -0.497 e. The zero-order valence-electron chi connectivity index (χ0n) is 15.9. The van der Waals surface area contributed by atoms with E-state index in [1.165, 1.54) is 0 Å². The first kappa shape index (κ1) is 18.5. The summed E-state index contributed by atoms with van der Waals surface area (Å²) in [7, 11) is 1.66. The smallest absolute Gasteiger partial charge is 0.219 e. The van der Waals surface area contributed by atoms with Crippen LogP contribution in [-0.4, -0.2) is 53.1 Å². The van der Waals surface area contributed by atoms with Crippen LogP contribution in [0.3, 0.4) is 0 Å². The van der Waals surface area contributed by atoms with Crippen molar-refractivity contribution in [1.29, 1.82) is 0 Å². The van der Waals surface area contributed by atoms with Crippen molar-refractivity contribution in [2.24, 2.45) is 5.73 Å². The molecule has 28 heavy (non-hydrogen) atoms. The van der Waals surface area contributed by atoms with Crippen LogP contribution in [0.5, 0.6) is 5.75 Å². The van der Waals surface area contributed by atoms with E-state index in [2.05, 4.69) is 9.30 Å².